The van der Waals surface area contributed by atoms with E-state index in [1.807, 2.05) is 37.3 Å². The van der Waals surface area contributed by atoms with E-state index in [0.717, 1.165) is 5.56 Å². The number of methoxy groups -OCH3 is 1. The molecule has 0 radical (unpaired) electrons. The first-order valence-electron chi connectivity index (χ1n) is 7.11. The molecule has 0 fully saturated rings. The normalized spacial score (nSPS) is 11.7. The molecule has 1 aromatic heterocycles. The number of carbonyl (C=O) groups is 1. The molecule has 0 aliphatic heterocycles. The van der Waals surface area contributed by atoms with Gasteiger partial charge >= 0.3 is 0 Å². The second-order valence-corrected chi connectivity index (χ2v) is 4.81. The third-order valence-electron chi connectivity index (χ3n) is 3.14. The number of rotatable bonds is 7. The van der Waals surface area contributed by atoms with Crippen LogP contribution in [0.1, 0.15) is 29.0 Å². The van der Waals surface area contributed by atoms with Gasteiger partial charge in [-0.2, -0.15) is 0 Å². The number of aromatic nitrogens is 2. The lowest BCUT2D eigenvalue weighted by Gasteiger charge is -2.13. The Morgan fingerprint density at radius 1 is 1.23 bits per heavy atom. The first-order valence-corrected chi connectivity index (χ1v) is 7.11. The van der Waals surface area contributed by atoms with Crippen LogP contribution in [-0.4, -0.2) is 36.1 Å². The van der Waals surface area contributed by atoms with Gasteiger partial charge in [0.1, 0.15) is 11.5 Å². The zero-order valence-electron chi connectivity index (χ0n) is 12.7. The van der Waals surface area contributed by atoms with Crippen LogP contribution in [0.5, 0.6) is 0 Å². The summed E-state index contributed by atoms with van der Waals surface area (Å²) < 4.78 is 4.94. The Labute approximate surface area is 129 Å². The largest absolute Gasteiger partial charge is 0.383 e. The summed E-state index contributed by atoms with van der Waals surface area (Å²) in [7, 11) is 1.63. The first kappa shape index (κ1) is 15.9. The molecule has 2 N–H and O–H groups in total. The number of carbonyl (C=O) groups excluding carboxylic acids is 1. The predicted molar refractivity (Wildman–Crippen MR) is 84.7 cm³/mol. The van der Waals surface area contributed by atoms with Crippen LogP contribution in [0, 0.1) is 0 Å². The minimum absolute atomic E-state index is 0.0880. The number of hydrogen-bond donors (Lipinski definition) is 2. The highest BCUT2D eigenvalue weighted by Gasteiger charge is 2.12. The highest BCUT2D eigenvalue weighted by molar-refractivity contribution is 5.92. The summed E-state index contributed by atoms with van der Waals surface area (Å²) in [5.41, 5.74) is 1.33. The number of nitrogens with one attached hydrogen (secondary N) is 2. The van der Waals surface area contributed by atoms with Crippen molar-refractivity contribution in [1.29, 1.82) is 0 Å². The third-order valence-corrected chi connectivity index (χ3v) is 3.14. The van der Waals surface area contributed by atoms with E-state index in [-0.39, 0.29) is 11.9 Å². The molecule has 1 atom stereocenters. The van der Waals surface area contributed by atoms with E-state index in [0.29, 0.717) is 24.7 Å². The molecule has 0 aliphatic carbocycles. The lowest BCUT2D eigenvalue weighted by Crippen LogP contribution is -2.27. The molecule has 6 heteroatoms. The van der Waals surface area contributed by atoms with E-state index >= 15 is 0 Å². The van der Waals surface area contributed by atoms with E-state index in [9.17, 15) is 4.79 Å². The van der Waals surface area contributed by atoms with Gasteiger partial charge in [-0.25, -0.2) is 9.97 Å². The Hall–Kier alpha value is -2.47. The molecule has 2 aromatic rings. The van der Waals surface area contributed by atoms with Gasteiger partial charge in [-0.15, -0.1) is 0 Å². The fraction of sp³-hybridized carbons (Fsp3) is 0.312. The summed E-state index contributed by atoms with van der Waals surface area (Å²) in [4.78, 5) is 20.4. The summed E-state index contributed by atoms with van der Waals surface area (Å²) in [6.07, 6.45) is 3.00. The zero-order valence-corrected chi connectivity index (χ0v) is 12.7. The molecular formula is C16H20N4O2. The van der Waals surface area contributed by atoms with Crippen molar-refractivity contribution in [1.82, 2.24) is 15.3 Å². The minimum atomic E-state index is -0.243. The highest BCUT2D eigenvalue weighted by Crippen LogP contribution is 2.12. The first-order chi connectivity index (χ1) is 10.7. The van der Waals surface area contributed by atoms with E-state index in [2.05, 4.69) is 20.6 Å². The van der Waals surface area contributed by atoms with Gasteiger partial charge in [-0.1, -0.05) is 30.3 Å². The number of ether oxygens (including phenoxy) is 1. The van der Waals surface area contributed by atoms with Crippen molar-refractivity contribution in [2.24, 2.45) is 0 Å². The Balaban J connectivity index is 1.92. The molecule has 0 aliphatic rings. The molecule has 0 saturated heterocycles. The van der Waals surface area contributed by atoms with Gasteiger partial charge in [0, 0.05) is 13.7 Å². The van der Waals surface area contributed by atoms with Crippen LogP contribution in [0.15, 0.2) is 42.7 Å². The summed E-state index contributed by atoms with van der Waals surface area (Å²) in [5, 5.41) is 5.95. The standard InChI is InChI=1S/C16H20N4O2/c1-12(13-6-4-3-5-7-13)20-16(21)14-10-19-15(11-18-14)17-8-9-22-2/h3-7,10-12H,8-9H2,1-2H3,(H,17,19)(H,20,21). The van der Waals surface area contributed by atoms with Crippen molar-refractivity contribution in [3.63, 3.8) is 0 Å². The second-order valence-electron chi connectivity index (χ2n) is 4.81. The van der Waals surface area contributed by atoms with Crippen LogP contribution in [0.3, 0.4) is 0 Å². The van der Waals surface area contributed by atoms with Crippen molar-refractivity contribution in [3.8, 4) is 0 Å². The molecule has 0 spiro atoms. The molecule has 2 rings (SSSR count). The van der Waals surface area contributed by atoms with Crippen molar-refractivity contribution >= 4 is 11.7 Å². The number of anilines is 1. The van der Waals surface area contributed by atoms with E-state index < -0.39 is 0 Å². The third kappa shape index (κ3) is 4.53. The molecular weight excluding hydrogens is 280 g/mol. The monoisotopic (exact) mass is 300 g/mol. The van der Waals surface area contributed by atoms with Crippen LogP contribution in [0.4, 0.5) is 5.82 Å². The fourth-order valence-electron chi connectivity index (χ4n) is 1.91. The fourth-order valence-corrected chi connectivity index (χ4v) is 1.91. The quantitative estimate of drug-likeness (QED) is 0.765. The number of amides is 1. The zero-order chi connectivity index (χ0) is 15.8. The van der Waals surface area contributed by atoms with Crippen LogP contribution in [-0.2, 0) is 4.74 Å². The number of nitrogens with zero attached hydrogens (tertiary/aromatic N) is 2. The molecule has 1 unspecified atom stereocenters. The second kappa shape index (κ2) is 8.09. The van der Waals surface area contributed by atoms with E-state index in [4.69, 9.17) is 4.74 Å². The van der Waals surface area contributed by atoms with E-state index in [1.165, 1.54) is 12.4 Å². The Kier molecular flexibility index (Phi) is 5.85. The van der Waals surface area contributed by atoms with Gasteiger partial charge in [0.15, 0.2) is 0 Å². The lowest BCUT2D eigenvalue weighted by atomic mass is 10.1. The maximum Gasteiger partial charge on any atom is 0.271 e. The van der Waals surface area contributed by atoms with Crippen molar-refractivity contribution in [2.45, 2.75) is 13.0 Å². The summed E-state index contributed by atoms with van der Waals surface area (Å²) >= 11 is 0. The van der Waals surface area contributed by atoms with Gasteiger partial charge in [0.25, 0.3) is 5.91 Å². The number of hydrogen-bond acceptors (Lipinski definition) is 5. The molecule has 6 nitrogen and oxygen atoms in total. The Morgan fingerprint density at radius 3 is 2.64 bits per heavy atom. The van der Waals surface area contributed by atoms with Gasteiger partial charge in [-0.3, -0.25) is 4.79 Å². The maximum absolute atomic E-state index is 12.1. The van der Waals surface area contributed by atoms with Gasteiger partial charge < -0.3 is 15.4 Å². The molecule has 1 amide bonds. The lowest BCUT2D eigenvalue weighted by molar-refractivity contribution is 0.0934. The van der Waals surface area contributed by atoms with Gasteiger partial charge in [0.05, 0.1) is 25.0 Å². The van der Waals surface area contributed by atoms with Gasteiger partial charge in [-0.05, 0) is 12.5 Å². The average Bonchev–Trinajstić information content (AvgIpc) is 2.56. The maximum atomic E-state index is 12.1. The van der Waals surface area contributed by atoms with Crippen molar-refractivity contribution in [3.05, 3.63) is 54.0 Å². The molecule has 0 bridgehead atoms. The summed E-state index contributed by atoms with van der Waals surface area (Å²) in [6.45, 7) is 3.15. The minimum Gasteiger partial charge on any atom is -0.383 e. The van der Waals surface area contributed by atoms with Crippen LogP contribution >= 0.6 is 0 Å². The number of benzene rings is 1. The molecule has 0 saturated carbocycles. The Morgan fingerprint density at radius 2 is 2.00 bits per heavy atom. The topological polar surface area (TPSA) is 76.1 Å². The summed E-state index contributed by atoms with van der Waals surface area (Å²) in [6, 6.07) is 9.68. The summed E-state index contributed by atoms with van der Waals surface area (Å²) in [5.74, 6) is 0.372. The molecule has 116 valence electrons. The van der Waals surface area contributed by atoms with E-state index in [1.54, 1.807) is 7.11 Å². The molecule has 22 heavy (non-hydrogen) atoms. The molecule has 1 aromatic carbocycles. The van der Waals surface area contributed by atoms with Crippen molar-refractivity contribution < 1.29 is 9.53 Å². The highest BCUT2D eigenvalue weighted by atomic mass is 16.5. The van der Waals surface area contributed by atoms with Crippen LogP contribution < -0.4 is 10.6 Å². The van der Waals surface area contributed by atoms with Crippen LogP contribution in [0.25, 0.3) is 0 Å². The smallest absolute Gasteiger partial charge is 0.271 e. The average molecular weight is 300 g/mol. The predicted octanol–water partition coefficient (Wildman–Crippen LogP) is 2.03. The molecule has 1 heterocycles. The Bertz CT molecular complexity index is 587. The van der Waals surface area contributed by atoms with Crippen LogP contribution in [0.2, 0.25) is 0 Å². The SMILES string of the molecule is COCCNc1cnc(C(=O)NC(C)c2ccccc2)cn1. The van der Waals surface area contributed by atoms with Crippen molar-refractivity contribution in [2.75, 3.05) is 25.6 Å². The van der Waals surface area contributed by atoms with Gasteiger partial charge in [0.2, 0.25) is 0 Å².